The Labute approximate surface area is 181 Å². The van der Waals surface area contributed by atoms with Crippen LogP contribution >= 0.6 is 23.4 Å². The number of thioether (sulfide) groups is 1. The van der Waals surface area contributed by atoms with E-state index in [-0.39, 0.29) is 5.91 Å². The molecule has 1 aromatic carbocycles. The van der Waals surface area contributed by atoms with E-state index in [9.17, 15) is 4.79 Å². The number of rotatable bonds is 8. The number of amides is 1. The number of methoxy groups -OCH3 is 1. The number of carbonyl (C=O) groups excluding carboxylic acids is 1. The first-order chi connectivity index (χ1) is 14.1. The fourth-order valence-electron chi connectivity index (χ4n) is 3.64. The van der Waals surface area contributed by atoms with E-state index < -0.39 is 0 Å². The van der Waals surface area contributed by atoms with Crippen molar-refractivity contribution in [2.24, 2.45) is 5.92 Å². The van der Waals surface area contributed by atoms with Gasteiger partial charge in [-0.3, -0.25) is 9.69 Å². The third-order valence-electron chi connectivity index (χ3n) is 5.09. The van der Waals surface area contributed by atoms with Gasteiger partial charge in [-0.1, -0.05) is 23.4 Å². The first-order valence-electron chi connectivity index (χ1n) is 9.78. The minimum Gasteiger partial charge on any atom is -0.495 e. The van der Waals surface area contributed by atoms with Crippen molar-refractivity contribution in [1.29, 1.82) is 0 Å². The van der Waals surface area contributed by atoms with Crippen LogP contribution in [0.3, 0.4) is 0 Å². The zero-order chi connectivity index (χ0) is 20.6. The van der Waals surface area contributed by atoms with E-state index >= 15 is 0 Å². The van der Waals surface area contributed by atoms with Crippen molar-refractivity contribution in [2.75, 3.05) is 31.8 Å². The van der Waals surface area contributed by atoms with Gasteiger partial charge in [-0.25, -0.2) is 9.97 Å². The quantitative estimate of drug-likeness (QED) is 0.487. The molecule has 1 saturated heterocycles. The number of nitrogens with one attached hydrogen (secondary N) is 1. The average molecular weight is 435 g/mol. The molecule has 1 amide bonds. The summed E-state index contributed by atoms with van der Waals surface area (Å²) in [6.07, 6.45) is 9.46. The molecule has 1 N–H and O–H groups in total. The fourth-order valence-corrected chi connectivity index (χ4v) is 4.13. The number of anilines is 1. The maximum atomic E-state index is 12.4. The van der Waals surface area contributed by atoms with Gasteiger partial charge >= 0.3 is 0 Å². The lowest BCUT2D eigenvalue weighted by Crippen LogP contribution is -2.35. The van der Waals surface area contributed by atoms with E-state index in [0.29, 0.717) is 28.8 Å². The van der Waals surface area contributed by atoms with Crippen molar-refractivity contribution in [2.45, 2.75) is 37.4 Å². The van der Waals surface area contributed by atoms with E-state index in [1.165, 1.54) is 0 Å². The normalized spacial score (nSPS) is 17.1. The average Bonchev–Trinajstić information content (AvgIpc) is 2.73. The van der Waals surface area contributed by atoms with Gasteiger partial charge in [0, 0.05) is 42.5 Å². The lowest BCUT2D eigenvalue weighted by molar-refractivity contribution is -0.116. The zero-order valence-electron chi connectivity index (χ0n) is 16.9. The van der Waals surface area contributed by atoms with Crippen LogP contribution < -0.4 is 10.1 Å². The molecule has 1 fully saturated rings. The van der Waals surface area contributed by atoms with Crippen LogP contribution in [0.1, 0.15) is 31.2 Å². The smallest absolute Gasteiger partial charge is 0.224 e. The van der Waals surface area contributed by atoms with Crippen LogP contribution in [0, 0.1) is 5.92 Å². The van der Waals surface area contributed by atoms with Crippen molar-refractivity contribution in [3.8, 4) is 5.75 Å². The van der Waals surface area contributed by atoms with Gasteiger partial charge in [0.1, 0.15) is 5.75 Å². The van der Waals surface area contributed by atoms with Crippen LogP contribution in [0.2, 0.25) is 5.02 Å². The third-order valence-corrected chi connectivity index (χ3v) is 5.90. The highest BCUT2D eigenvalue weighted by Gasteiger charge is 2.21. The first-order valence-corrected chi connectivity index (χ1v) is 11.4. The molecule has 2 aromatic rings. The van der Waals surface area contributed by atoms with E-state index in [0.717, 1.165) is 49.6 Å². The molecule has 8 heteroatoms. The number of ether oxygens (including phenoxy) is 1. The number of likely N-dealkylation sites (tertiary alicyclic amines) is 1. The highest BCUT2D eigenvalue weighted by Crippen LogP contribution is 2.28. The highest BCUT2D eigenvalue weighted by atomic mass is 35.5. The maximum absolute atomic E-state index is 12.4. The van der Waals surface area contributed by atoms with Crippen molar-refractivity contribution < 1.29 is 9.53 Å². The molecule has 0 bridgehead atoms. The van der Waals surface area contributed by atoms with Crippen LogP contribution in [0.15, 0.2) is 35.7 Å². The Morgan fingerprint density at radius 3 is 2.90 bits per heavy atom. The largest absolute Gasteiger partial charge is 0.495 e. The van der Waals surface area contributed by atoms with Crippen molar-refractivity contribution >= 4 is 35.0 Å². The summed E-state index contributed by atoms with van der Waals surface area (Å²) in [6, 6.07) is 5.21. The summed E-state index contributed by atoms with van der Waals surface area (Å²) < 4.78 is 5.29. The second-order valence-corrected chi connectivity index (χ2v) is 8.46. The molecule has 0 spiro atoms. The monoisotopic (exact) mass is 434 g/mol. The molecule has 6 nitrogen and oxygen atoms in total. The Morgan fingerprint density at radius 1 is 1.38 bits per heavy atom. The van der Waals surface area contributed by atoms with Crippen LogP contribution in [-0.2, 0) is 11.3 Å². The van der Waals surface area contributed by atoms with Crippen molar-refractivity contribution in [3.63, 3.8) is 0 Å². The molecule has 0 unspecified atom stereocenters. The number of piperidine rings is 1. The van der Waals surface area contributed by atoms with Crippen LogP contribution in [0.4, 0.5) is 5.69 Å². The van der Waals surface area contributed by atoms with Crippen molar-refractivity contribution in [3.05, 3.63) is 41.2 Å². The Kier molecular flexibility index (Phi) is 8.15. The summed E-state index contributed by atoms with van der Waals surface area (Å²) in [5, 5.41) is 4.29. The molecule has 2 heterocycles. The van der Waals surface area contributed by atoms with Gasteiger partial charge in [-0.05, 0) is 56.2 Å². The molecular formula is C21H27ClN4O2S. The Morgan fingerprint density at radius 2 is 2.17 bits per heavy atom. The van der Waals surface area contributed by atoms with Crippen LogP contribution in [-0.4, -0.2) is 47.2 Å². The number of benzene rings is 1. The van der Waals surface area contributed by atoms with E-state index in [1.54, 1.807) is 37.1 Å². The predicted octanol–water partition coefficient (Wildman–Crippen LogP) is 4.49. The second kappa shape index (κ2) is 10.8. The predicted molar refractivity (Wildman–Crippen MR) is 118 cm³/mol. The van der Waals surface area contributed by atoms with Gasteiger partial charge in [0.2, 0.25) is 5.91 Å². The lowest BCUT2D eigenvalue weighted by Gasteiger charge is -2.32. The standard InChI is InChI=1S/C21H27ClN4O2S/c1-28-19-7-6-17(22)10-18(19)25-20(27)8-5-15-4-3-9-26(13-15)14-16-11-23-21(29-2)24-12-16/h6-7,10-12,15H,3-5,8-9,13-14H2,1-2H3,(H,25,27)/t15-/m1/s1. The summed E-state index contributed by atoms with van der Waals surface area (Å²) in [6.45, 7) is 2.93. The molecule has 3 rings (SSSR count). The summed E-state index contributed by atoms with van der Waals surface area (Å²) in [5.74, 6) is 1.12. The molecular weight excluding hydrogens is 408 g/mol. The molecule has 1 aliphatic rings. The molecule has 0 aliphatic carbocycles. The third kappa shape index (κ3) is 6.59. The highest BCUT2D eigenvalue weighted by molar-refractivity contribution is 7.98. The lowest BCUT2D eigenvalue weighted by atomic mass is 9.93. The number of hydrogen-bond donors (Lipinski definition) is 1. The van der Waals surface area contributed by atoms with Crippen LogP contribution in [0.5, 0.6) is 5.75 Å². The second-order valence-electron chi connectivity index (χ2n) is 7.25. The van der Waals surface area contributed by atoms with E-state index in [4.69, 9.17) is 16.3 Å². The minimum absolute atomic E-state index is 0.0104. The molecule has 156 valence electrons. The topological polar surface area (TPSA) is 67.3 Å². The zero-order valence-corrected chi connectivity index (χ0v) is 18.4. The summed E-state index contributed by atoms with van der Waals surface area (Å²) in [5.41, 5.74) is 1.75. The molecule has 1 aromatic heterocycles. The minimum atomic E-state index is -0.0104. The molecule has 29 heavy (non-hydrogen) atoms. The Bertz CT molecular complexity index is 819. The number of nitrogens with zero attached hydrogens (tertiary/aromatic N) is 3. The number of aromatic nitrogens is 2. The van der Waals surface area contributed by atoms with Gasteiger partial charge in [-0.2, -0.15) is 0 Å². The van der Waals surface area contributed by atoms with E-state index in [1.807, 2.05) is 18.6 Å². The van der Waals surface area contributed by atoms with Gasteiger partial charge in [-0.15, -0.1) is 0 Å². The maximum Gasteiger partial charge on any atom is 0.224 e. The SMILES string of the molecule is COc1ccc(Cl)cc1NC(=O)CC[C@H]1CCCN(Cc2cnc(SC)nc2)C1. The number of carbonyl (C=O) groups is 1. The first kappa shape index (κ1) is 21.9. The Hall–Kier alpha value is -1.83. The summed E-state index contributed by atoms with van der Waals surface area (Å²) in [7, 11) is 1.58. The number of hydrogen-bond acceptors (Lipinski definition) is 6. The summed E-state index contributed by atoms with van der Waals surface area (Å²) >= 11 is 7.58. The molecule has 1 atom stereocenters. The van der Waals surface area contributed by atoms with Gasteiger partial charge < -0.3 is 10.1 Å². The fraction of sp³-hybridized carbons (Fsp3) is 0.476. The molecule has 1 aliphatic heterocycles. The summed E-state index contributed by atoms with van der Waals surface area (Å²) in [4.78, 5) is 23.6. The Balaban J connectivity index is 1.47. The molecule has 0 saturated carbocycles. The number of halogens is 1. The van der Waals surface area contributed by atoms with Crippen LogP contribution in [0.25, 0.3) is 0 Å². The van der Waals surface area contributed by atoms with Gasteiger partial charge in [0.15, 0.2) is 5.16 Å². The van der Waals surface area contributed by atoms with Crippen molar-refractivity contribution in [1.82, 2.24) is 14.9 Å². The van der Waals surface area contributed by atoms with E-state index in [2.05, 4.69) is 20.2 Å². The van der Waals surface area contributed by atoms with Gasteiger partial charge in [0.05, 0.1) is 12.8 Å². The van der Waals surface area contributed by atoms with Gasteiger partial charge in [0.25, 0.3) is 0 Å². The molecule has 0 radical (unpaired) electrons.